The zero-order chi connectivity index (χ0) is 45.8. The van der Waals surface area contributed by atoms with Gasteiger partial charge in [-0.05, 0) is 122 Å². The summed E-state index contributed by atoms with van der Waals surface area (Å²) < 4.78 is 16.8. The molecule has 0 bridgehead atoms. The maximum absolute atomic E-state index is 12.8. The maximum Gasteiger partial charge on any atom is 0.306 e. The molecule has 0 aromatic rings. The Balaban J connectivity index is 4.44. The monoisotopic (exact) mass is 881 g/mol. The Hall–Kier alpha value is -2.89. The van der Waals surface area contributed by atoms with E-state index in [0.717, 1.165) is 103 Å². The smallest absolute Gasteiger partial charge is 0.306 e. The average Bonchev–Trinajstić information content (AvgIpc) is 3.28. The van der Waals surface area contributed by atoms with E-state index < -0.39 is 6.10 Å². The minimum Gasteiger partial charge on any atom is -0.462 e. The molecule has 6 heteroatoms. The molecule has 0 aliphatic carbocycles. The van der Waals surface area contributed by atoms with E-state index >= 15 is 0 Å². The number of carbonyl (C=O) groups is 3. The number of esters is 3. The lowest BCUT2D eigenvalue weighted by Crippen LogP contribution is -2.30. The van der Waals surface area contributed by atoms with Crippen molar-refractivity contribution in [3.8, 4) is 0 Å². The number of carbonyl (C=O) groups excluding carboxylic acids is 3. The molecule has 0 N–H and O–H groups in total. The van der Waals surface area contributed by atoms with Gasteiger partial charge in [0.15, 0.2) is 6.10 Å². The number of unbranched alkanes of at least 4 members (excludes halogenated alkanes) is 27. The van der Waals surface area contributed by atoms with Crippen molar-refractivity contribution in [1.82, 2.24) is 0 Å². The first kappa shape index (κ1) is 60.1. The van der Waals surface area contributed by atoms with E-state index in [2.05, 4.69) is 81.5 Å². The molecule has 0 aliphatic heterocycles. The molecule has 364 valence electrons. The van der Waals surface area contributed by atoms with Crippen molar-refractivity contribution in [2.24, 2.45) is 0 Å². The SMILES string of the molecule is CCC/C=C/CC/C=C/CCCCCCCCC(=O)OCC(COC(=O)CCCCCC/C=C/CCCCCCCCC)OC(=O)CCCC/C=C/CCC/C=C/CCCCCC. The largest absolute Gasteiger partial charge is 0.462 e. The van der Waals surface area contributed by atoms with Gasteiger partial charge < -0.3 is 14.2 Å². The second-order valence-electron chi connectivity index (χ2n) is 17.7. The summed E-state index contributed by atoms with van der Waals surface area (Å²) in [5.41, 5.74) is 0. The van der Waals surface area contributed by atoms with E-state index in [-0.39, 0.29) is 37.5 Å². The van der Waals surface area contributed by atoms with Crippen LogP contribution in [0.1, 0.15) is 265 Å². The van der Waals surface area contributed by atoms with Gasteiger partial charge in [-0.2, -0.15) is 0 Å². The van der Waals surface area contributed by atoms with Crippen LogP contribution in [0.4, 0.5) is 0 Å². The summed E-state index contributed by atoms with van der Waals surface area (Å²) >= 11 is 0. The van der Waals surface area contributed by atoms with Crippen molar-refractivity contribution in [1.29, 1.82) is 0 Å². The van der Waals surface area contributed by atoms with Gasteiger partial charge in [0.2, 0.25) is 0 Å². The van der Waals surface area contributed by atoms with Crippen LogP contribution in [0.25, 0.3) is 0 Å². The van der Waals surface area contributed by atoms with Crippen LogP contribution >= 0.6 is 0 Å². The predicted molar refractivity (Wildman–Crippen MR) is 270 cm³/mol. The lowest BCUT2D eigenvalue weighted by atomic mass is 10.1. The average molecular weight is 881 g/mol. The van der Waals surface area contributed by atoms with Crippen molar-refractivity contribution < 1.29 is 28.6 Å². The summed E-state index contributed by atoms with van der Waals surface area (Å²) in [5.74, 6) is -0.938. The Morgan fingerprint density at radius 1 is 0.302 bits per heavy atom. The number of hydrogen-bond donors (Lipinski definition) is 0. The van der Waals surface area contributed by atoms with Gasteiger partial charge in [-0.1, -0.05) is 184 Å². The molecule has 0 rings (SSSR count). The molecule has 0 fully saturated rings. The molecule has 1 unspecified atom stereocenters. The highest BCUT2D eigenvalue weighted by molar-refractivity contribution is 5.71. The van der Waals surface area contributed by atoms with Gasteiger partial charge in [0.25, 0.3) is 0 Å². The molecule has 0 saturated carbocycles. The van der Waals surface area contributed by atoms with Crippen molar-refractivity contribution in [3.63, 3.8) is 0 Å². The van der Waals surface area contributed by atoms with E-state index in [1.54, 1.807) is 0 Å². The molecule has 0 saturated heterocycles. The molecule has 63 heavy (non-hydrogen) atoms. The third-order valence-electron chi connectivity index (χ3n) is 11.4. The number of rotatable bonds is 48. The molecule has 0 aromatic heterocycles. The minimum atomic E-state index is -0.796. The number of allylic oxidation sites excluding steroid dienone is 10. The van der Waals surface area contributed by atoms with Crippen molar-refractivity contribution in [2.45, 2.75) is 271 Å². The third kappa shape index (κ3) is 50.0. The Kier molecular flexibility index (Phi) is 49.4. The first-order chi connectivity index (χ1) is 31.0. The van der Waals surface area contributed by atoms with Crippen molar-refractivity contribution in [3.05, 3.63) is 60.8 Å². The third-order valence-corrected chi connectivity index (χ3v) is 11.4. The van der Waals surface area contributed by atoms with Gasteiger partial charge in [-0.25, -0.2) is 0 Å². The number of hydrogen-bond acceptors (Lipinski definition) is 6. The second kappa shape index (κ2) is 51.7. The first-order valence-electron chi connectivity index (χ1n) is 26.8. The first-order valence-corrected chi connectivity index (χ1v) is 26.8. The van der Waals surface area contributed by atoms with Crippen LogP contribution < -0.4 is 0 Å². The fourth-order valence-electron chi connectivity index (χ4n) is 7.33. The summed E-state index contributed by atoms with van der Waals surface area (Å²) in [5, 5.41) is 0. The highest BCUT2D eigenvalue weighted by atomic mass is 16.6. The van der Waals surface area contributed by atoms with Crippen LogP contribution in [0.5, 0.6) is 0 Å². The Labute approximate surface area is 390 Å². The van der Waals surface area contributed by atoms with Crippen molar-refractivity contribution >= 4 is 17.9 Å². The standard InChI is InChI=1S/C57H100O6/c1-4-7-10-13-16-19-22-25-28-31-34-37-40-43-46-49-55(58)61-52-54(63-57(60)51-48-45-42-39-36-33-30-27-24-21-18-15-12-9-6-3)53-62-56(59)50-47-44-41-38-35-32-29-26-23-20-17-14-11-8-5-2/h10,13,21-22,24-25,29,32,36,39,54H,4-9,11-12,14-20,23,26-28,30-31,33-35,37-38,40-53H2,1-3H3/b13-10+,24-21+,25-22+,32-29+,39-36+. The lowest BCUT2D eigenvalue weighted by Gasteiger charge is -2.18. The predicted octanol–water partition coefficient (Wildman–Crippen LogP) is 17.6. The van der Waals surface area contributed by atoms with Crippen LogP contribution in [0, 0.1) is 0 Å². The molecule has 0 spiro atoms. The number of ether oxygens (including phenoxy) is 3. The normalized spacial score (nSPS) is 12.5. The molecule has 6 nitrogen and oxygen atoms in total. The van der Waals surface area contributed by atoms with Gasteiger partial charge >= 0.3 is 17.9 Å². The fraction of sp³-hybridized carbons (Fsp3) is 0.772. The highest BCUT2D eigenvalue weighted by Gasteiger charge is 2.19. The summed E-state index contributed by atoms with van der Waals surface area (Å²) in [4.78, 5) is 38.0. The van der Waals surface area contributed by atoms with Gasteiger partial charge in [-0.15, -0.1) is 0 Å². The second-order valence-corrected chi connectivity index (χ2v) is 17.7. The van der Waals surface area contributed by atoms with Gasteiger partial charge in [0.1, 0.15) is 13.2 Å². The van der Waals surface area contributed by atoms with Crippen LogP contribution in [0.3, 0.4) is 0 Å². The Morgan fingerprint density at radius 2 is 0.587 bits per heavy atom. The van der Waals surface area contributed by atoms with Crippen LogP contribution in [0.2, 0.25) is 0 Å². The molecule has 1 atom stereocenters. The summed E-state index contributed by atoms with van der Waals surface area (Å²) in [6.45, 7) is 6.53. The van der Waals surface area contributed by atoms with Gasteiger partial charge in [-0.3, -0.25) is 14.4 Å². The van der Waals surface area contributed by atoms with Gasteiger partial charge in [0, 0.05) is 19.3 Å². The van der Waals surface area contributed by atoms with E-state index in [1.165, 1.54) is 122 Å². The van der Waals surface area contributed by atoms with Crippen molar-refractivity contribution in [2.75, 3.05) is 13.2 Å². The molecule has 0 aromatic carbocycles. The zero-order valence-corrected chi connectivity index (χ0v) is 41.6. The quantitative estimate of drug-likeness (QED) is 0.0262. The van der Waals surface area contributed by atoms with E-state index in [1.807, 2.05) is 0 Å². The molecular weight excluding hydrogens is 781 g/mol. The Morgan fingerprint density at radius 3 is 1.00 bits per heavy atom. The van der Waals surface area contributed by atoms with E-state index in [9.17, 15) is 14.4 Å². The maximum atomic E-state index is 12.8. The topological polar surface area (TPSA) is 78.9 Å². The van der Waals surface area contributed by atoms with Crippen LogP contribution in [0.15, 0.2) is 60.8 Å². The van der Waals surface area contributed by atoms with E-state index in [0.29, 0.717) is 12.8 Å². The van der Waals surface area contributed by atoms with Crippen LogP contribution in [-0.2, 0) is 28.6 Å². The summed E-state index contributed by atoms with van der Waals surface area (Å²) in [6, 6.07) is 0. The zero-order valence-electron chi connectivity index (χ0n) is 41.6. The molecule has 0 aliphatic rings. The van der Waals surface area contributed by atoms with Crippen LogP contribution in [-0.4, -0.2) is 37.2 Å². The summed E-state index contributed by atoms with van der Waals surface area (Å²) in [7, 11) is 0. The van der Waals surface area contributed by atoms with Gasteiger partial charge in [0.05, 0.1) is 0 Å². The highest BCUT2D eigenvalue weighted by Crippen LogP contribution is 2.14. The minimum absolute atomic E-state index is 0.0936. The summed E-state index contributed by atoms with van der Waals surface area (Å²) in [6.07, 6.45) is 63.5. The van der Waals surface area contributed by atoms with E-state index in [4.69, 9.17) is 14.2 Å². The molecule has 0 amide bonds. The lowest BCUT2D eigenvalue weighted by molar-refractivity contribution is -0.167. The molecule has 0 radical (unpaired) electrons. The Bertz CT molecular complexity index is 1150. The molecular formula is C57H100O6. The molecule has 0 heterocycles. The fourth-order valence-corrected chi connectivity index (χ4v) is 7.33.